The van der Waals surface area contributed by atoms with Crippen LogP contribution in [0.2, 0.25) is 0 Å². The van der Waals surface area contributed by atoms with Crippen molar-refractivity contribution in [3.63, 3.8) is 0 Å². The van der Waals surface area contributed by atoms with Gasteiger partial charge in [-0.3, -0.25) is 4.57 Å². The number of methoxy groups -OCH3 is 1. The zero-order valence-electron chi connectivity index (χ0n) is 11.9. The van der Waals surface area contributed by atoms with Gasteiger partial charge in [-0.2, -0.15) is 0 Å². The van der Waals surface area contributed by atoms with E-state index in [4.69, 9.17) is 13.8 Å². The summed E-state index contributed by atoms with van der Waals surface area (Å²) in [6, 6.07) is 1.83. The van der Waals surface area contributed by atoms with Crippen LogP contribution < -0.4 is 10.0 Å². The van der Waals surface area contributed by atoms with Crippen LogP contribution in [0.15, 0.2) is 6.07 Å². The Morgan fingerprint density at radius 2 is 1.74 bits per heavy atom. The van der Waals surface area contributed by atoms with Crippen molar-refractivity contribution < 1.29 is 18.3 Å². The van der Waals surface area contributed by atoms with Crippen molar-refractivity contribution in [2.45, 2.75) is 27.7 Å². The standard InChI is InChI=1S/C13H20IO4P/c1-6-17-19(15,18-7-2)11-8-9(3)13(16-5)10(4)12(11)14/h8H,6-7H2,1-5H3. The first-order chi connectivity index (χ1) is 8.91. The molecule has 4 nitrogen and oxygen atoms in total. The molecule has 0 radical (unpaired) electrons. The Labute approximate surface area is 128 Å². The van der Waals surface area contributed by atoms with E-state index < -0.39 is 7.60 Å². The number of aryl methyl sites for hydroxylation is 1. The molecule has 1 aromatic rings. The molecule has 0 spiro atoms. The quantitative estimate of drug-likeness (QED) is 0.540. The van der Waals surface area contributed by atoms with E-state index in [9.17, 15) is 4.57 Å². The van der Waals surface area contributed by atoms with Crippen LogP contribution in [0.1, 0.15) is 25.0 Å². The fourth-order valence-electron chi connectivity index (χ4n) is 1.95. The molecule has 6 heteroatoms. The third-order valence-corrected chi connectivity index (χ3v) is 6.66. The number of hydrogen-bond donors (Lipinski definition) is 0. The summed E-state index contributed by atoms with van der Waals surface area (Å²) in [5, 5.41) is 0.618. The maximum absolute atomic E-state index is 12.8. The summed E-state index contributed by atoms with van der Waals surface area (Å²) >= 11 is 2.16. The molecule has 0 saturated carbocycles. The SMILES string of the molecule is CCOP(=O)(OCC)c1cc(C)c(OC)c(C)c1I. The second kappa shape index (κ2) is 7.07. The van der Waals surface area contributed by atoms with Gasteiger partial charge in [0.25, 0.3) is 0 Å². The van der Waals surface area contributed by atoms with Gasteiger partial charge >= 0.3 is 7.60 Å². The first kappa shape index (κ1) is 17.0. The average Bonchev–Trinajstić information content (AvgIpc) is 2.35. The Hall–Kier alpha value is -0.100. The van der Waals surface area contributed by atoms with E-state index in [1.807, 2.05) is 33.8 Å². The zero-order chi connectivity index (χ0) is 14.6. The third-order valence-electron chi connectivity index (χ3n) is 2.70. The second-order valence-corrected chi connectivity index (χ2v) is 7.09. The Morgan fingerprint density at radius 1 is 1.21 bits per heavy atom. The molecule has 19 heavy (non-hydrogen) atoms. The number of rotatable bonds is 6. The van der Waals surface area contributed by atoms with Crippen molar-refractivity contribution >= 4 is 35.5 Å². The first-order valence-corrected chi connectivity index (χ1v) is 8.76. The van der Waals surface area contributed by atoms with Crippen molar-refractivity contribution in [2.75, 3.05) is 20.3 Å². The molecule has 0 heterocycles. The molecule has 0 saturated heterocycles. The monoisotopic (exact) mass is 398 g/mol. The zero-order valence-corrected chi connectivity index (χ0v) is 15.0. The minimum absolute atomic E-state index is 0.345. The van der Waals surface area contributed by atoms with E-state index in [1.165, 1.54) is 0 Å². The van der Waals surface area contributed by atoms with E-state index in [0.29, 0.717) is 18.5 Å². The Morgan fingerprint density at radius 3 is 2.16 bits per heavy atom. The summed E-state index contributed by atoms with van der Waals surface area (Å²) in [4.78, 5) is 0. The minimum Gasteiger partial charge on any atom is -0.496 e. The molecule has 0 unspecified atom stereocenters. The minimum atomic E-state index is -3.26. The van der Waals surface area contributed by atoms with Crippen molar-refractivity contribution in [2.24, 2.45) is 0 Å². The average molecular weight is 398 g/mol. The molecule has 1 rings (SSSR count). The smallest absolute Gasteiger partial charge is 0.362 e. The molecule has 0 aromatic heterocycles. The fourth-order valence-corrected chi connectivity index (χ4v) is 5.03. The van der Waals surface area contributed by atoms with Crippen LogP contribution in [0.3, 0.4) is 0 Å². The van der Waals surface area contributed by atoms with E-state index in [-0.39, 0.29) is 0 Å². The van der Waals surface area contributed by atoms with Crippen LogP contribution >= 0.6 is 30.2 Å². The van der Waals surface area contributed by atoms with Gasteiger partial charge in [-0.1, -0.05) is 0 Å². The summed E-state index contributed by atoms with van der Waals surface area (Å²) in [7, 11) is -1.62. The predicted molar refractivity (Wildman–Crippen MR) is 85.7 cm³/mol. The lowest BCUT2D eigenvalue weighted by atomic mass is 10.1. The van der Waals surface area contributed by atoms with E-state index >= 15 is 0 Å². The van der Waals surface area contributed by atoms with Crippen LogP contribution in [0.25, 0.3) is 0 Å². The van der Waals surface area contributed by atoms with Gasteiger partial charge in [-0.25, -0.2) is 0 Å². The maximum Gasteiger partial charge on any atom is 0.362 e. The highest BCUT2D eigenvalue weighted by Crippen LogP contribution is 2.49. The normalized spacial score (nSPS) is 11.7. The van der Waals surface area contributed by atoms with E-state index in [0.717, 1.165) is 20.4 Å². The Kier molecular flexibility index (Phi) is 6.30. The predicted octanol–water partition coefficient (Wildman–Crippen LogP) is 3.81. The molecule has 0 fully saturated rings. The highest BCUT2D eigenvalue weighted by Gasteiger charge is 2.31. The molecule has 0 N–H and O–H groups in total. The maximum atomic E-state index is 12.8. The lowest BCUT2D eigenvalue weighted by Gasteiger charge is -2.21. The molecule has 108 valence electrons. The van der Waals surface area contributed by atoms with Crippen LogP contribution in [-0.4, -0.2) is 20.3 Å². The summed E-state index contributed by atoms with van der Waals surface area (Å²) in [5.41, 5.74) is 1.88. The van der Waals surface area contributed by atoms with Gasteiger partial charge in [0.2, 0.25) is 0 Å². The number of halogens is 1. The Balaban J connectivity index is 3.45. The number of ether oxygens (including phenoxy) is 1. The van der Waals surface area contributed by atoms with Gasteiger partial charge in [0.15, 0.2) is 0 Å². The molecule has 0 aliphatic rings. The third kappa shape index (κ3) is 3.51. The molecule has 1 aromatic carbocycles. The van der Waals surface area contributed by atoms with Gasteiger partial charge in [-0.05, 0) is 61.9 Å². The fraction of sp³-hybridized carbons (Fsp3) is 0.538. The molecule has 0 aliphatic carbocycles. The second-order valence-electron chi connectivity index (χ2n) is 4.02. The van der Waals surface area contributed by atoms with Crippen LogP contribution in [0, 0.1) is 17.4 Å². The van der Waals surface area contributed by atoms with Crippen molar-refractivity contribution in [1.82, 2.24) is 0 Å². The van der Waals surface area contributed by atoms with Crippen LogP contribution in [0.5, 0.6) is 5.75 Å². The Bertz CT molecular complexity index is 492. The van der Waals surface area contributed by atoms with Crippen molar-refractivity contribution in [3.05, 3.63) is 20.8 Å². The van der Waals surface area contributed by atoms with Gasteiger partial charge < -0.3 is 13.8 Å². The molecular formula is C13H20IO4P. The molecular weight excluding hydrogens is 378 g/mol. The number of hydrogen-bond acceptors (Lipinski definition) is 4. The summed E-state index contributed by atoms with van der Waals surface area (Å²) in [6.45, 7) is 8.17. The topological polar surface area (TPSA) is 44.8 Å². The number of benzene rings is 1. The van der Waals surface area contributed by atoms with Gasteiger partial charge in [-0.15, -0.1) is 0 Å². The summed E-state index contributed by atoms with van der Waals surface area (Å²) < 4.78 is 29.9. The van der Waals surface area contributed by atoms with E-state index in [1.54, 1.807) is 7.11 Å². The van der Waals surface area contributed by atoms with Crippen LogP contribution in [0.4, 0.5) is 0 Å². The largest absolute Gasteiger partial charge is 0.496 e. The molecule has 0 bridgehead atoms. The van der Waals surface area contributed by atoms with Gasteiger partial charge in [0.1, 0.15) is 5.75 Å². The lowest BCUT2D eigenvalue weighted by Crippen LogP contribution is -2.16. The van der Waals surface area contributed by atoms with Crippen molar-refractivity contribution in [3.8, 4) is 5.75 Å². The molecule has 0 amide bonds. The van der Waals surface area contributed by atoms with Crippen LogP contribution in [-0.2, 0) is 13.6 Å². The van der Waals surface area contributed by atoms with Crippen molar-refractivity contribution in [1.29, 1.82) is 0 Å². The molecule has 0 aliphatic heterocycles. The van der Waals surface area contributed by atoms with E-state index in [2.05, 4.69) is 22.6 Å². The highest BCUT2D eigenvalue weighted by molar-refractivity contribution is 14.1. The van der Waals surface area contributed by atoms with Gasteiger partial charge in [0, 0.05) is 9.13 Å². The van der Waals surface area contributed by atoms with Gasteiger partial charge in [0.05, 0.1) is 25.6 Å². The highest BCUT2D eigenvalue weighted by atomic mass is 127. The molecule has 0 atom stereocenters. The summed E-state index contributed by atoms with van der Waals surface area (Å²) in [5.74, 6) is 0.813. The summed E-state index contributed by atoms with van der Waals surface area (Å²) in [6.07, 6.45) is 0. The first-order valence-electron chi connectivity index (χ1n) is 6.14. The lowest BCUT2D eigenvalue weighted by molar-refractivity contribution is 0.229.